The van der Waals surface area contributed by atoms with E-state index in [2.05, 4.69) is 175 Å². The molecule has 2 heteroatoms. The number of hydrogen-bond donors (Lipinski definition) is 0. The summed E-state index contributed by atoms with van der Waals surface area (Å²) >= 11 is 0. The van der Waals surface area contributed by atoms with Crippen LogP contribution in [0.1, 0.15) is 17.9 Å². The maximum Gasteiger partial charge on any atom is 0.136 e. The van der Waals surface area contributed by atoms with E-state index in [9.17, 15) is 0 Å². The molecule has 0 saturated heterocycles. The monoisotopic (exact) mass is 639 g/mol. The van der Waals surface area contributed by atoms with E-state index in [1.54, 1.807) is 0 Å². The van der Waals surface area contributed by atoms with Crippen molar-refractivity contribution in [3.05, 3.63) is 193 Å². The Hall–Kier alpha value is -6.38. The van der Waals surface area contributed by atoms with Crippen molar-refractivity contribution in [2.24, 2.45) is 0 Å². The van der Waals surface area contributed by atoms with Gasteiger partial charge in [0.1, 0.15) is 11.2 Å². The Morgan fingerprint density at radius 2 is 1.18 bits per heavy atom. The fourth-order valence-corrected chi connectivity index (χ4v) is 7.90. The lowest BCUT2D eigenvalue weighted by Crippen LogP contribution is -2.19. The summed E-state index contributed by atoms with van der Waals surface area (Å²) in [6.07, 6.45) is 7.75. The number of fused-ring (bicyclic) bond motifs is 8. The molecule has 1 unspecified atom stereocenters. The van der Waals surface area contributed by atoms with Crippen LogP contribution in [0.25, 0.3) is 65.4 Å². The van der Waals surface area contributed by atoms with Crippen molar-refractivity contribution < 1.29 is 4.42 Å². The number of hydrogen-bond acceptors (Lipinski definition) is 2. The van der Waals surface area contributed by atoms with Crippen LogP contribution < -0.4 is 4.90 Å². The average molecular weight is 640 g/mol. The molecule has 0 bridgehead atoms. The van der Waals surface area contributed by atoms with Gasteiger partial charge in [-0.15, -0.1) is 0 Å². The fourth-order valence-electron chi connectivity index (χ4n) is 7.90. The van der Waals surface area contributed by atoms with Gasteiger partial charge in [0.15, 0.2) is 0 Å². The molecule has 9 aromatic rings. The van der Waals surface area contributed by atoms with E-state index in [-0.39, 0.29) is 0 Å². The highest BCUT2D eigenvalue weighted by Gasteiger charge is 2.22. The minimum Gasteiger partial charge on any atom is -0.456 e. The lowest BCUT2D eigenvalue weighted by atomic mass is 9.90. The van der Waals surface area contributed by atoms with Gasteiger partial charge >= 0.3 is 0 Å². The third-order valence-corrected chi connectivity index (χ3v) is 10.4. The van der Waals surface area contributed by atoms with E-state index in [1.807, 2.05) is 12.1 Å². The van der Waals surface area contributed by atoms with E-state index < -0.39 is 0 Å². The first-order valence-electron chi connectivity index (χ1n) is 17.4. The molecule has 0 amide bonds. The molecule has 0 spiro atoms. The number of rotatable bonds is 5. The summed E-state index contributed by atoms with van der Waals surface area (Å²) < 4.78 is 6.16. The first-order chi connectivity index (χ1) is 24.8. The predicted octanol–water partition coefficient (Wildman–Crippen LogP) is 13.5. The van der Waals surface area contributed by atoms with Crippen LogP contribution in [0.15, 0.2) is 192 Å². The largest absolute Gasteiger partial charge is 0.456 e. The predicted molar refractivity (Wildman–Crippen MR) is 211 cm³/mol. The van der Waals surface area contributed by atoms with Crippen molar-refractivity contribution in [1.29, 1.82) is 0 Å². The average Bonchev–Trinajstić information content (AvgIpc) is 3.58. The second kappa shape index (κ2) is 11.6. The number of benzene rings is 8. The summed E-state index contributed by atoms with van der Waals surface area (Å²) in [6.45, 7) is 0. The number of allylic oxidation sites excluding steroid dienone is 4. The second-order valence-electron chi connectivity index (χ2n) is 13.3. The van der Waals surface area contributed by atoms with Gasteiger partial charge in [-0.2, -0.15) is 0 Å². The molecular weight excluding hydrogens is 607 g/mol. The van der Waals surface area contributed by atoms with Gasteiger partial charge in [-0.3, -0.25) is 0 Å². The summed E-state index contributed by atoms with van der Waals surface area (Å²) in [5, 5.41) is 9.82. The smallest absolute Gasteiger partial charge is 0.136 e. The van der Waals surface area contributed by atoms with Crippen molar-refractivity contribution in [3.8, 4) is 11.1 Å². The van der Waals surface area contributed by atoms with E-state index >= 15 is 0 Å². The highest BCUT2D eigenvalue weighted by atomic mass is 16.3. The van der Waals surface area contributed by atoms with Crippen molar-refractivity contribution in [2.45, 2.75) is 12.3 Å². The minimum atomic E-state index is 0.315. The number of anilines is 2. The molecule has 8 aromatic carbocycles. The Morgan fingerprint density at radius 3 is 2.06 bits per heavy atom. The Bertz CT molecular complexity index is 2790. The molecule has 1 atom stereocenters. The zero-order valence-corrected chi connectivity index (χ0v) is 27.5. The highest BCUT2D eigenvalue weighted by molar-refractivity contribution is 6.19. The normalized spacial score (nSPS) is 14.6. The summed E-state index contributed by atoms with van der Waals surface area (Å²) in [5.41, 5.74) is 9.17. The van der Waals surface area contributed by atoms with E-state index in [0.29, 0.717) is 5.92 Å². The summed E-state index contributed by atoms with van der Waals surface area (Å²) in [6, 6.07) is 59.3. The van der Waals surface area contributed by atoms with Gasteiger partial charge in [0.25, 0.3) is 0 Å². The fraction of sp³-hybridized carbons (Fsp3) is 0.0417. The standard InChI is InChI=1S/C48H33NO/c1-2-9-32(10-3-1)36-12-8-13-40(30-36)49(41-26-21-35-18-17-34-11-4-5-14-42(34)45(35)31-41)39-24-19-33(20-25-39)37-22-27-43-38(29-37)23-28-47-48(43)44-15-6-7-16-46(44)50-47/h1-29,31,36H,30H2. The van der Waals surface area contributed by atoms with Gasteiger partial charge in [-0.05, 0) is 104 Å². The van der Waals surface area contributed by atoms with Crippen LogP contribution in [0, 0.1) is 0 Å². The van der Waals surface area contributed by atoms with Gasteiger partial charge < -0.3 is 9.32 Å². The summed E-state index contributed by atoms with van der Waals surface area (Å²) in [7, 11) is 0. The Labute approximate surface area is 290 Å². The summed E-state index contributed by atoms with van der Waals surface area (Å²) in [4.78, 5) is 2.45. The third kappa shape index (κ3) is 4.80. The third-order valence-electron chi connectivity index (χ3n) is 10.4. The van der Waals surface area contributed by atoms with Crippen molar-refractivity contribution in [1.82, 2.24) is 0 Å². The molecule has 1 heterocycles. The Kier molecular flexibility index (Phi) is 6.67. The molecule has 1 aromatic heterocycles. The zero-order chi connectivity index (χ0) is 33.0. The molecule has 50 heavy (non-hydrogen) atoms. The highest BCUT2D eigenvalue weighted by Crippen LogP contribution is 2.41. The molecule has 236 valence electrons. The van der Waals surface area contributed by atoms with Crippen LogP contribution in [0.5, 0.6) is 0 Å². The van der Waals surface area contributed by atoms with Crippen LogP contribution in [-0.2, 0) is 0 Å². The first-order valence-corrected chi connectivity index (χ1v) is 17.4. The molecule has 0 aliphatic heterocycles. The number of nitrogens with zero attached hydrogens (tertiary/aromatic N) is 1. The molecule has 10 rings (SSSR count). The molecule has 0 fully saturated rings. The van der Waals surface area contributed by atoms with Gasteiger partial charge in [0.2, 0.25) is 0 Å². The first kappa shape index (κ1) is 28.6. The maximum absolute atomic E-state index is 6.16. The van der Waals surface area contributed by atoms with Crippen molar-refractivity contribution >= 4 is 65.6 Å². The summed E-state index contributed by atoms with van der Waals surface area (Å²) in [5.74, 6) is 0.315. The maximum atomic E-state index is 6.16. The van der Waals surface area contributed by atoms with Gasteiger partial charge in [0.05, 0.1) is 0 Å². The van der Waals surface area contributed by atoms with Crippen molar-refractivity contribution in [3.63, 3.8) is 0 Å². The lowest BCUT2D eigenvalue weighted by molar-refractivity contribution is 0.669. The van der Waals surface area contributed by atoms with Crippen LogP contribution in [-0.4, -0.2) is 0 Å². The van der Waals surface area contributed by atoms with Crippen molar-refractivity contribution in [2.75, 3.05) is 4.90 Å². The molecule has 1 aliphatic carbocycles. The van der Waals surface area contributed by atoms with E-state index in [0.717, 1.165) is 34.3 Å². The van der Waals surface area contributed by atoms with Gasteiger partial charge in [-0.25, -0.2) is 0 Å². The van der Waals surface area contributed by atoms with E-state index in [4.69, 9.17) is 4.42 Å². The topological polar surface area (TPSA) is 16.4 Å². The van der Waals surface area contributed by atoms with Crippen LogP contribution in [0.3, 0.4) is 0 Å². The Morgan fingerprint density at radius 1 is 0.480 bits per heavy atom. The molecule has 1 aliphatic rings. The molecule has 2 nitrogen and oxygen atoms in total. The lowest BCUT2D eigenvalue weighted by Gasteiger charge is -2.32. The van der Waals surface area contributed by atoms with Gasteiger partial charge in [-0.1, -0.05) is 133 Å². The van der Waals surface area contributed by atoms with Crippen LogP contribution in [0.4, 0.5) is 11.4 Å². The zero-order valence-electron chi connectivity index (χ0n) is 27.5. The minimum absolute atomic E-state index is 0.315. The van der Waals surface area contributed by atoms with Crippen LogP contribution >= 0.6 is 0 Å². The van der Waals surface area contributed by atoms with Crippen LogP contribution in [0.2, 0.25) is 0 Å². The molecule has 0 N–H and O–H groups in total. The molecule has 0 saturated carbocycles. The SMILES string of the molecule is C1=CC(c2ccccc2)CC(N(c2ccc(-c3ccc4c(ccc5oc6ccccc6c54)c3)cc2)c2ccc3ccc4ccccc4c3c2)=C1. The quantitative estimate of drug-likeness (QED) is 0.174. The number of furan rings is 1. The van der Waals surface area contributed by atoms with E-state index in [1.165, 1.54) is 60.1 Å². The number of para-hydroxylation sites is 1. The second-order valence-corrected chi connectivity index (χ2v) is 13.3. The molecular formula is C48H33NO. The Balaban J connectivity index is 1.07. The molecule has 0 radical (unpaired) electrons. The van der Waals surface area contributed by atoms with Gasteiger partial charge in [0, 0.05) is 33.8 Å².